The van der Waals surface area contributed by atoms with Gasteiger partial charge in [0.15, 0.2) is 0 Å². The number of ketones is 1. The van der Waals surface area contributed by atoms with Gasteiger partial charge in [-0.15, -0.1) is 0 Å². The molecule has 0 bridgehead atoms. The number of hydrogen-bond donors (Lipinski definition) is 0. The summed E-state index contributed by atoms with van der Waals surface area (Å²) in [6.45, 7) is 2.59. The van der Waals surface area contributed by atoms with Crippen LogP contribution in [0, 0.1) is 0 Å². The van der Waals surface area contributed by atoms with E-state index in [0.717, 1.165) is 17.7 Å². The number of rotatable bonds is 3. The minimum atomic E-state index is 0.317. The molecule has 1 aliphatic carbocycles. The fourth-order valence-corrected chi connectivity index (χ4v) is 1.82. The Morgan fingerprint density at radius 2 is 2.25 bits per heavy atom. The van der Waals surface area contributed by atoms with Gasteiger partial charge in [0, 0.05) is 19.0 Å². The van der Waals surface area contributed by atoms with Crippen LogP contribution in [0.1, 0.15) is 31.7 Å². The van der Waals surface area contributed by atoms with Crippen molar-refractivity contribution in [2.45, 2.75) is 26.2 Å². The van der Waals surface area contributed by atoms with E-state index in [9.17, 15) is 4.79 Å². The molecule has 16 heavy (non-hydrogen) atoms. The number of allylic oxidation sites excluding steroid dienone is 2. The van der Waals surface area contributed by atoms with Gasteiger partial charge in [-0.2, -0.15) is 0 Å². The monoisotopic (exact) mass is 217 g/mol. The molecular formula is C13H15NO2. The van der Waals surface area contributed by atoms with E-state index < -0.39 is 0 Å². The number of ether oxygens (including phenoxy) is 1. The van der Waals surface area contributed by atoms with Gasteiger partial charge < -0.3 is 4.74 Å². The van der Waals surface area contributed by atoms with Crippen molar-refractivity contribution in [2.75, 3.05) is 6.61 Å². The number of hydrogen-bond acceptors (Lipinski definition) is 3. The molecule has 0 N–H and O–H groups in total. The van der Waals surface area contributed by atoms with Crippen LogP contribution in [0.15, 0.2) is 24.5 Å². The summed E-state index contributed by atoms with van der Waals surface area (Å²) in [7, 11) is 0. The predicted octanol–water partition coefficient (Wildman–Crippen LogP) is 2.62. The molecule has 1 aliphatic rings. The second-order valence-corrected chi connectivity index (χ2v) is 3.81. The Kier molecular flexibility index (Phi) is 3.34. The zero-order valence-corrected chi connectivity index (χ0v) is 9.40. The van der Waals surface area contributed by atoms with E-state index in [-0.39, 0.29) is 0 Å². The van der Waals surface area contributed by atoms with Crippen molar-refractivity contribution < 1.29 is 9.53 Å². The maximum atomic E-state index is 11.1. The molecule has 0 aliphatic heterocycles. The standard InChI is InChI=1S/C13H15NO2/c1-2-16-13-7-11(8-14-9-13)10-3-5-12(15)6-4-10/h3,7-9H,2,4-6H2,1H3. The first kappa shape index (κ1) is 10.9. The van der Waals surface area contributed by atoms with Gasteiger partial charge in [0.1, 0.15) is 11.5 Å². The molecule has 0 saturated heterocycles. The van der Waals surface area contributed by atoms with Crippen molar-refractivity contribution in [1.82, 2.24) is 4.98 Å². The molecule has 1 heterocycles. The Morgan fingerprint density at radius 3 is 2.94 bits per heavy atom. The van der Waals surface area contributed by atoms with Crippen LogP contribution in [0.5, 0.6) is 5.75 Å². The topological polar surface area (TPSA) is 39.2 Å². The Bertz CT molecular complexity index is 424. The lowest BCUT2D eigenvalue weighted by molar-refractivity contribution is -0.118. The quantitative estimate of drug-likeness (QED) is 0.781. The maximum Gasteiger partial charge on any atom is 0.138 e. The Balaban J connectivity index is 2.20. The highest BCUT2D eigenvalue weighted by Gasteiger charge is 2.12. The number of aromatic nitrogens is 1. The minimum absolute atomic E-state index is 0.317. The average Bonchev–Trinajstić information content (AvgIpc) is 2.31. The lowest BCUT2D eigenvalue weighted by atomic mass is 9.94. The lowest BCUT2D eigenvalue weighted by Crippen LogP contribution is -2.03. The highest BCUT2D eigenvalue weighted by molar-refractivity contribution is 5.86. The Morgan fingerprint density at radius 1 is 1.38 bits per heavy atom. The Labute approximate surface area is 95.2 Å². The summed E-state index contributed by atoms with van der Waals surface area (Å²) >= 11 is 0. The lowest BCUT2D eigenvalue weighted by Gasteiger charge is -2.12. The Hall–Kier alpha value is -1.64. The van der Waals surface area contributed by atoms with Crippen molar-refractivity contribution in [1.29, 1.82) is 0 Å². The van der Waals surface area contributed by atoms with Crippen molar-refractivity contribution in [2.24, 2.45) is 0 Å². The van der Waals surface area contributed by atoms with Gasteiger partial charge in [-0.05, 0) is 30.5 Å². The van der Waals surface area contributed by atoms with Crippen molar-refractivity contribution in [3.05, 3.63) is 30.1 Å². The van der Waals surface area contributed by atoms with Gasteiger partial charge in [-0.25, -0.2) is 0 Å². The van der Waals surface area contributed by atoms with E-state index in [1.807, 2.05) is 25.3 Å². The highest BCUT2D eigenvalue weighted by Crippen LogP contribution is 2.26. The van der Waals surface area contributed by atoms with Gasteiger partial charge >= 0.3 is 0 Å². The molecule has 0 radical (unpaired) electrons. The van der Waals surface area contributed by atoms with Gasteiger partial charge in [0.2, 0.25) is 0 Å². The third-order valence-corrected chi connectivity index (χ3v) is 2.64. The zero-order valence-electron chi connectivity index (χ0n) is 9.40. The van der Waals surface area contributed by atoms with Crippen LogP contribution in [0.2, 0.25) is 0 Å². The van der Waals surface area contributed by atoms with E-state index >= 15 is 0 Å². The molecule has 0 spiro atoms. The second-order valence-electron chi connectivity index (χ2n) is 3.81. The molecule has 2 rings (SSSR count). The fraction of sp³-hybridized carbons (Fsp3) is 0.385. The molecule has 0 amide bonds. The van der Waals surface area contributed by atoms with Crippen LogP contribution >= 0.6 is 0 Å². The minimum Gasteiger partial charge on any atom is -0.492 e. The highest BCUT2D eigenvalue weighted by atomic mass is 16.5. The third-order valence-electron chi connectivity index (χ3n) is 2.64. The van der Waals surface area contributed by atoms with Gasteiger partial charge in [0.05, 0.1) is 12.8 Å². The molecule has 0 fully saturated rings. The number of carbonyl (C=O) groups is 1. The van der Waals surface area contributed by atoms with Gasteiger partial charge in [0.25, 0.3) is 0 Å². The first-order valence-electron chi connectivity index (χ1n) is 5.58. The fourth-order valence-electron chi connectivity index (χ4n) is 1.82. The largest absolute Gasteiger partial charge is 0.492 e. The summed E-state index contributed by atoms with van der Waals surface area (Å²) in [5, 5.41) is 0. The molecular weight excluding hydrogens is 202 g/mol. The van der Waals surface area contributed by atoms with Crippen LogP contribution in [-0.2, 0) is 4.79 Å². The van der Waals surface area contributed by atoms with Crippen LogP contribution in [0.3, 0.4) is 0 Å². The number of Topliss-reactive ketones (excluding diaryl/α,β-unsaturated/α-hetero) is 1. The SMILES string of the molecule is CCOc1cncc(C2=CCC(=O)CC2)c1. The van der Waals surface area contributed by atoms with Gasteiger partial charge in [-0.3, -0.25) is 9.78 Å². The summed E-state index contributed by atoms with van der Waals surface area (Å²) in [6.07, 6.45) is 7.54. The summed E-state index contributed by atoms with van der Waals surface area (Å²) < 4.78 is 5.40. The number of carbonyl (C=O) groups excluding carboxylic acids is 1. The first-order valence-corrected chi connectivity index (χ1v) is 5.58. The molecule has 0 unspecified atom stereocenters. The normalized spacial score (nSPS) is 15.8. The molecule has 1 aromatic heterocycles. The van der Waals surface area contributed by atoms with E-state index in [1.165, 1.54) is 5.57 Å². The van der Waals surface area contributed by atoms with E-state index in [4.69, 9.17) is 4.74 Å². The smallest absolute Gasteiger partial charge is 0.138 e. The molecule has 1 aromatic rings. The van der Waals surface area contributed by atoms with Crippen molar-refractivity contribution >= 4 is 11.4 Å². The molecule has 0 saturated carbocycles. The summed E-state index contributed by atoms with van der Waals surface area (Å²) in [4.78, 5) is 15.3. The number of nitrogens with zero attached hydrogens (tertiary/aromatic N) is 1. The molecule has 0 aromatic carbocycles. The van der Waals surface area contributed by atoms with E-state index in [0.29, 0.717) is 25.2 Å². The van der Waals surface area contributed by atoms with Crippen molar-refractivity contribution in [3.8, 4) is 5.75 Å². The van der Waals surface area contributed by atoms with Crippen LogP contribution in [0.25, 0.3) is 5.57 Å². The summed E-state index contributed by atoms with van der Waals surface area (Å²) in [6, 6.07) is 1.98. The molecule has 84 valence electrons. The van der Waals surface area contributed by atoms with Crippen LogP contribution < -0.4 is 4.74 Å². The van der Waals surface area contributed by atoms with Gasteiger partial charge in [-0.1, -0.05) is 6.08 Å². The first-order chi connectivity index (χ1) is 7.79. The second kappa shape index (κ2) is 4.92. The molecule has 3 heteroatoms. The third kappa shape index (κ3) is 2.48. The van der Waals surface area contributed by atoms with Crippen molar-refractivity contribution in [3.63, 3.8) is 0 Å². The average molecular weight is 217 g/mol. The molecule has 0 atom stereocenters. The predicted molar refractivity (Wildman–Crippen MR) is 62.2 cm³/mol. The van der Waals surface area contributed by atoms with E-state index in [1.54, 1.807) is 6.20 Å². The van der Waals surface area contributed by atoms with Crippen LogP contribution in [0.4, 0.5) is 0 Å². The molecule has 3 nitrogen and oxygen atoms in total. The van der Waals surface area contributed by atoms with E-state index in [2.05, 4.69) is 4.98 Å². The summed E-state index contributed by atoms with van der Waals surface area (Å²) in [5.74, 6) is 1.11. The zero-order chi connectivity index (χ0) is 11.4. The maximum absolute atomic E-state index is 11.1. The number of pyridine rings is 1. The summed E-state index contributed by atoms with van der Waals surface area (Å²) in [5.41, 5.74) is 2.27. The van der Waals surface area contributed by atoms with Crippen LogP contribution in [-0.4, -0.2) is 17.4 Å².